The lowest BCUT2D eigenvalue weighted by molar-refractivity contribution is -0.130. The minimum absolute atomic E-state index is 0.134. The molecule has 24 heavy (non-hydrogen) atoms. The highest BCUT2D eigenvalue weighted by Gasteiger charge is 2.28. The SMILES string of the molecule is CN(C)C(=O)CN1CCCC[C@H]1c1csc(Nc2cnccn2)n1. The molecule has 3 heterocycles. The number of aromatic nitrogens is 3. The molecule has 7 nitrogen and oxygen atoms in total. The van der Waals surface area contributed by atoms with E-state index in [1.807, 2.05) is 0 Å². The van der Waals surface area contributed by atoms with Crippen LogP contribution in [0.4, 0.5) is 10.9 Å². The first-order valence-corrected chi connectivity index (χ1v) is 8.94. The van der Waals surface area contributed by atoms with Crippen molar-refractivity contribution in [1.29, 1.82) is 0 Å². The maximum Gasteiger partial charge on any atom is 0.236 e. The Balaban J connectivity index is 1.70. The summed E-state index contributed by atoms with van der Waals surface area (Å²) < 4.78 is 0. The van der Waals surface area contributed by atoms with Crippen LogP contribution >= 0.6 is 11.3 Å². The van der Waals surface area contributed by atoms with Gasteiger partial charge in [0.25, 0.3) is 0 Å². The van der Waals surface area contributed by atoms with Crippen molar-refractivity contribution in [3.63, 3.8) is 0 Å². The van der Waals surface area contributed by atoms with Crippen LogP contribution in [0.15, 0.2) is 24.0 Å². The van der Waals surface area contributed by atoms with Crippen LogP contribution in [0.1, 0.15) is 31.0 Å². The second-order valence-electron chi connectivity index (χ2n) is 6.06. The van der Waals surface area contributed by atoms with Gasteiger partial charge in [0.2, 0.25) is 5.91 Å². The van der Waals surface area contributed by atoms with Gasteiger partial charge < -0.3 is 10.2 Å². The number of rotatable bonds is 5. The summed E-state index contributed by atoms with van der Waals surface area (Å²) in [6.07, 6.45) is 8.29. The average Bonchev–Trinajstić information content (AvgIpc) is 3.04. The Morgan fingerprint density at radius 1 is 1.42 bits per heavy atom. The molecule has 1 fully saturated rings. The standard InChI is InChI=1S/C16H22N6OS/c1-21(2)15(23)10-22-8-4-3-5-13(22)12-11-24-16(19-12)20-14-9-17-6-7-18-14/h6-7,9,11,13H,3-5,8,10H2,1-2H3,(H,18,19,20)/t13-/m0/s1. The molecule has 1 aliphatic heterocycles. The number of nitrogens with zero attached hydrogens (tertiary/aromatic N) is 5. The van der Waals surface area contributed by atoms with E-state index in [1.54, 1.807) is 48.9 Å². The van der Waals surface area contributed by atoms with Crippen molar-refractivity contribution in [3.8, 4) is 0 Å². The molecule has 2 aromatic heterocycles. The molecule has 0 spiro atoms. The van der Waals surface area contributed by atoms with Crippen molar-refractivity contribution in [3.05, 3.63) is 29.7 Å². The second kappa shape index (κ2) is 7.67. The van der Waals surface area contributed by atoms with Crippen LogP contribution in [0.5, 0.6) is 0 Å². The summed E-state index contributed by atoms with van der Waals surface area (Å²) >= 11 is 1.55. The minimum Gasteiger partial charge on any atom is -0.348 e. The fourth-order valence-electron chi connectivity index (χ4n) is 2.80. The Hall–Kier alpha value is -2.06. The molecule has 1 saturated heterocycles. The second-order valence-corrected chi connectivity index (χ2v) is 6.92. The van der Waals surface area contributed by atoms with Gasteiger partial charge in [-0.05, 0) is 19.4 Å². The van der Waals surface area contributed by atoms with Gasteiger partial charge in [-0.25, -0.2) is 9.97 Å². The summed E-state index contributed by atoms with van der Waals surface area (Å²) in [5.74, 6) is 0.816. The zero-order chi connectivity index (χ0) is 16.9. The molecule has 1 atom stereocenters. The Labute approximate surface area is 145 Å². The van der Waals surface area contributed by atoms with Crippen molar-refractivity contribution in [2.24, 2.45) is 0 Å². The number of nitrogens with one attached hydrogen (secondary N) is 1. The minimum atomic E-state index is 0.134. The number of amides is 1. The molecule has 0 saturated carbocycles. The van der Waals surface area contributed by atoms with Gasteiger partial charge in [-0.3, -0.25) is 14.7 Å². The number of anilines is 2. The molecular weight excluding hydrogens is 324 g/mol. The van der Waals surface area contributed by atoms with E-state index in [9.17, 15) is 4.79 Å². The molecule has 3 rings (SSSR count). The van der Waals surface area contributed by atoms with Crippen molar-refractivity contribution >= 4 is 28.2 Å². The normalized spacial score (nSPS) is 18.3. The van der Waals surface area contributed by atoms with Crippen LogP contribution < -0.4 is 5.32 Å². The number of piperidine rings is 1. The fourth-order valence-corrected chi connectivity index (χ4v) is 3.56. The highest BCUT2D eigenvalue weighted by molar-refractivity contribution is 7.13. The van der Waals surface area contributed by atoms with E-state index in [0.29, 0.717) is 12.4 Å². The molecule has 128 valence electrons. The van der Waals surface area contributed by atoms with Gasteiger partial charge in [0.1, 0.15) is 0 Å². The lowest BCUT2D eigenvalue weighted by Gasteiger charge is -2.34. The van der Waals surface area contributed by atoms with Gasteiger partial charge in [-0.2, -0.15) is 0 Å². The molecule has 0 aliphatic carbocycles. The summed E-state index contributed by atoms with van der Waals surface area (Å²) in [6, 6.07) is 0.205. The first-order chi connectivity index (χ1) is 11.6. The highest BCUT2D eigenvalue weighted by atomic mass is 32.1. The van der Waals surface area contributed by atoms with E-state index in [1.165, 1.54) is 6.42 Å². The Kier molecular flexibility index (Phi) is 5.37. The summed E-state index contributed by atoms with van der Waals surface area (Å²) in [5, 5.41) is 6.05. The molecule has 0 radical (unpaired) electrons. The van der Waals surface area contributed by atoms with Crippen molar-refractivity contribution in [1.82, 2.24) is 24.8 Å². The Morgan fingerprint density at radius 3 is 3.04 bits per heavy atom. The number of carbonyl (C=O) groups is 1. The van der Waals surface area contributed by atoms with Gasteiger partial charge in [0.15, 0.2) is 10.9 Å². The van der Waals surface area contributed by atoms with Crippen LogP contribution in [-0.2, 0) is 4.79 Å². The summed E-state index contributed by atoms with van der Waals surface area (Å²) in [5.41, 5.74) is 1.03. The summed E-state index contributed by atoms with van der Waals surface area (Å²) in [7, 11) is 3.60. The van der Waals surface area contributed by atoms with Gasteiger partial charge in [-0.15, -0.1) is 11.3 Å². The molecule has 1 aliphatic rings. The quantitative estimate of drug-likeness (QED) is 0.895. The fraction of sp³-hybridized carbons (Fsp3) is 0.500. The molecule has 1 amide bonds. The predicted molar refractivity (Wildman–Crippen MR) is 94.3 cm³/mol. The number of carbonyl (C=O) groups excluding carboxylic acids is 1. The van der Waals surface area contributed by atoms with Crippen LogP contribution in [0.25, 0.3) is 0 Å². The maximum absolute atomic E-state index is 12.1. The van der Waals surface area contributed by atoms with Crippen LogP contribution in [0.2, 0.25) is 0 Å². The van der Waals surface area contributed by atoms with Crippen LogP contribution in [0.3, 0.4) is 0 Å². The highest BCUT2D eigenvalue weighted by Crippen LogP contribution is 2.33. The summed E-state index contributed by atoms with van der Waals surface area (Å²) in [4.78, 5) is 28.9. The number of likely N-dealkylation sites (tertiary alicyclic amines) is 1. The largest absolute Gasteiger partial charge is 0.348 e. The predicted octanol–water partition coefficient (Wildman–Crippen LogP) is 2.29. The monoisotopic (exact) mass is 346 g/mol. The van der Waals surface area contributed by atoms with E-state index in [4.69, 9.17) is 4.98 Å². The molecule has 0 unspecified atom stereocenters. The first-order valence-electron chi connectivity index (χ1n) is 8.06. The molecule has 1 N–H and O–H groups in total. The van der Waals surface area contributed by atoms with Crippen molar-refractivity contribution in [2.45, 2.75) is 25.3 Å². The first kappa shape index (κ1) is 16.8. The lowest BCUT2D eigenvalue weighted by Crippen LogP contribution is -2.41. The maximum atomic E-state index is 12.1. The Morgan fingerprint density at radius 2 is 2.29 bits per heavy atom. The molecule has 2 aromatic rings. The number of thiazole rings is 1. The number of hydrogen-bond acceptors (Lipinski definition) is 7. The van der Waals surface area contributed by atoms with E-state index >= 15 is 0 Å². The number of likely N-dealkylation sites (N-methyl/N-ethyl adjacent to an activating group) is 1. The van der Waals surface area contributed by atoms with E-state index in [0.717, 1.165) is 30.2 Å². The van der Waals surface area contributed by atoms with Gasteiger partial charge in [0.05, 0.1) is 24.5 Å². The van der Waals surface area contributed by atoms with Crippen molar-refractivity contribution in [2.75, 3.05) is 32.5 Å². The Bertz CT molecular complexity index is 674. The van der Waals surface area contributed by atoms with E-state index in [-0.39, 0.29) is 11.9 Å². The smallest absolute Gasteiger partial charge is 0.236 e. The summed E-state index contributed by atoms with van der Waals surface area (Å²) in [6.45, 7) is 1.39. The average molecular weight is 346 g/mol. The van der Waals surface area contributed by atoms with E-state index < -0.39 is 0 Å². The van der Waals surface area contributed by atoms with Gasteiger partial charge >= 0.3 is 0 Å². The molecular formula is C16H22N6OS. The van der Waals surface area contributed by atoms with Crippen LogP contribution in [0, 0.1) is 0 Å². The van der Waals surface area contributed by atoms with Gasteiger partial charge in [0, 0.05) is 31.9 Å². The van der Waals surface area contributed by atoms with E-state index in [2.05, 4.69) is 25.6 Å². The number of hydrogen-bond donors (Lipinski definition) is 1. The third kappa shape index (κ3) is 4.07. The third-order valence-corrected chi connectivity index (χ3v) is 4.89. The lowest BCUT2D eigenvalue weighted by atomic mass is 10.00. The zero-order valence-electron chi connectivity index (χ0n) is 14.0. The topological polar surface area (TPSA) is 74.2 Å². The van der Waals surface area contributed by atoms with Crippen LogP contribution in [-0.4, -0.2) is 57.8 Å². The molecule has 0 bridgehead atoms. The third-order valence-electron chi connectivity index (χ3n) is 4.11. The van der Waals surface area contributed by atoms with Gasteiger partial charge in [-0.1, -0.05) is 6.42 Å². The zero-order valence-corrected chi connectivity index (χ0v) is 14.8. The van der Waals surface area contributed by atoms with Crippen molar-refractivity contribution < 1.29 is 4.79 Å². The molecule has 8 heteroatoms. The molecule has 0 aromatic carbocycles.